The van der Waals surface area contributed by atoms with Gasteiger partial charge in [-0.3, -0.25) is 0 Å². The van der Waals surface area contributed by atoms with Crippen molar-refractivity contribution in [2.45, 2.75) is 32.9 Å². The molecular formula is C26H28N2O3. The molecule has 3 aromatic carbocycles. The smallest absolute Gasteiger partial charge is 0.147 e. The lowest BCUT2D eigenvalue weighted by molar-refractivity contribution is 0.284. The first-order valence-corrected chi connectivity index (χ1v) is 10.6. The van der Waals surface area contributed by atoms with E-state index in [-0.39, 0.29) is 0 Å². The standard InChI is InChI=1S/C26H28N2O3/c1-20-9-11-22(12-10-20)30-18-6-5-17-28-25-8-4-3-7-24(25)27-26(28)19-31-23-15-13-21(29-2)14-16-23/h3-4,7-16H,5-6,17-19H2,1-2H3. The third kappa shape index (κ3) is 5.37. The second-order valence-corrected chi connectivity index (χ2v) is 7.50. The number of imidazole rings is 1. The van der Waals surface area contributed by atoms with E-state index in [2.05, 4.69) is 35.8 Å². The van der Waals surface area contributed by atoms with Crippen molar-refractivity contribution in [3.63, 3.8) is 0 Å². The molecule has 1 aromatic heterocycles. The second-order valence-electron chi connectivity index (χ2n) is 7.50. The summed E-state index contributed by atoms with van der Waals surface area (Å²) in [4.78, 5) is 4.80. The van der Waals surface area contributed by atoms with E-state index >= 15 is 0 Å². The number of para-hydroxylation sites is 2. The Kier molecular flexibility index (Phi) is 6.72. The van der Waals surface area contributed by atoms with Crippen LogP contribution in [0.25, 0.3) is 11.0 Å². The molecule has 0 radical (unpaired) electrons. The van der Waals surface area contributed by atoms with Crippen molar-refractivity contribution >= 4 is 11.0 Å². The minimum atomic E-state index is 0.418. The summed E-state index contributed by atoms with van der Waals surface area (Å²) in [5.41, 5.74) is 3.37. The predicted molar refractivity (Wildman–Crippen MR) is 123 cm³/mol. The number of aryl methyl sites for hydroxylation is 2. The zero-order chi connectivity index (χ0) is 21.5. The molecule has 4 aromatic rings. The lowest BCUT2D eigenvalue weighted by Gasteiger charge is -2.11. The first-order chi connectivity index (χ1) is 15.2. The molecule has 5 heteroatoms. The van der Waals surface area contributed by atoms with Gasteiger partial charge in [0.25, 0.3) is 0 Å². The van der Waals surface area contributed by atoms with Crippen LogP contribution in [-0.2, 0) is 13.2 Å². The van der Waals surface area contributed by atoms with Gasteiger partial charge in [0.15, 0.2) is 0 Å². The molecule has 0 unspecified atom stereocenters. The molecule has 0 fully saturated rings. The van der Waals surface area contributed by atoms with Gasteiger partial charge in [0, 0.05) is 6.54 Å². The van der Waals surface area contributed by atoms with Crippen molar-refractivity contribution < 1.29 is 14.2 Å². The SMILES string of the molecule is COc1ccc(OCc2nc3ccccc3n2CCCCOc2ccc(C)cc2)cc1. The summed E-state index contributed by atoms with van der Waals surface area (Å²) in [6.45, 7) is 4.07. The number of hydrogen-bond acceptors (Lipinski definition) is 4. The van der Waals surface area contributed by atoms with Crippen LogP contribution in [0.2, 0.25) is 0 Å². The fraction of sp³-hybridized carbons (Fsp3) is 0.269. The normalized spacial score (nSPS) is 10.9. The largest absolute Gasteiger partial charge is 0.497 e. The van der Waals surface area contributed by atoms with Crippen LogP contribution in [0.5, 0.6) is 17.2 Å². The maximum absolute atomic E-state index is 5.99. The second kappa shape index (κ2) is 10.0. The van der Waals surface area contributed by atoms with E-state index in [1.165, 1.54) is 5.56 Å². The van der Waals surface area contributed by atoms with Crippen molar-refractivity contribution in [2.24, 2.45) is 0 Å². The Morgan fingerprint density at radius 2 is 1.45 bits per heavy atom. The Balaban J connectivity index is 1.36. The van der Waals surface area contributed by atoms with Gasteiger partial charge in [-0.25, -0.2) is 4.98 Å². The molecule has 1 heterocycles. The summed E-state index contributed by atoms with van der Waals surface area (Å²) >= 11 is 0. The van der Waals surface area contributed by atoms with Crippen molar-refractivity contribution in [3.8, 4) is 17.2 Å². The van der Waals surface area contributed by atoms with Gasteiger partial charge in [0.2, 0.25) is 0 Å². The Labute approximate surface area is 183 Å². The molecule has 0 saturated carbocycles. The van der Waals surface area contributed by atoms with Crippen molar-refractivity contribution in [3.05, 3.63) is 84.2 Å². The number of benzene rings is 3. The summed E-state index contributed by atoms with van der Waals surface area (Å²) in [6.07, 6.45) is 1.97. The molecule has 0 saturated heterocycles. The van der Waals surface area contributed by atoms with Gasteiger partial charge in [0.1, 0.15) is 29.7 Å². The third-order valence-corrected chi connectivity index (χ3v) is 5.23. The predicted octanol–water partition coefficient (Wildman–Crippen LogP) is 5.79. The Morgan fingerprint density at radius 1 is 0.774 bits per heavy atom. The topological polar surface area (TPSA) is 45.5 Å². The quantitative estimate of drug-likeness (QED) is 0.307. The summed E-state index contributed by atoms with van der Waals surface area (Å²) in [7, 11) is 1.66. The molecule has 0 spiro atoms. The highest BCUT2D eigenvalue weighted by atomic mass is 16.5. The Hall–Kier alpha value is -3.47. The third-order valence-electron chi connectivity index (χ3n) is 5.23. The summed E-state index contributed by atoms with van der Waals surface area (Å²) in [6, 6.07) is 24.0. The molecule has 4 rings (SSSR count). The molecule has 31 heavy (non-hydrogen) atoms. The fourth-order valence-corrected chi connectivity index (χ4v) is 3.50. The van der Waals surface area contributed by atoms with Gasteiger partial charge in [-0.15, -0.1) is 0 Å². The minimum Gasteiger partial charge on any atom is -0.497 e. The number of rotatable bonds is 10. The highest BCUT2D eigenvalue weighted by molar-refractivity contribution is 5.75. The molecule has 5 nitrogen and oxygen atoms in total. The van der Waals surface area contributed by atoms with Crippen molar-refractivity contribution in [1.82, 2.24) is 9.55 Å². The van der Waals surface area contributed by atoms with Crippen molar-refractivity contribution in [2.75, 3.05) is 13.7 Å². The lowest BCUT2D eigenvalue weighted by Crippen LogP contribution is -2.09. The highest BCUT2D eigenvalue weighted by Crippen LogP contribution is 2.21. The molecule has 0 atom stereocenters. The molecule has 0 aliphatic carbocycles. The van der Waals surface area contributed by atoms with Gasteiger partial charge in [-0.2, -0.15) is 0 Å². The monoisotopic (exact) mass is 416 g/mol. The number of aromatic nitrogens is 2. The number of fused-ring (bicyclic) bond motifs is 1. The van der Waals surface area contributed by atoms with Crippen LogP contribution < -0.4 is 14.2 Å². The van der Waals surface area contributed by atoms with Crippen LogP contribution in [-0.4, -0.2) is 23.3 Å². The van der Waals surface area contributed by atoms with Gasteiger partial charge < -0.3 is 18.8 Å². The van der Waals surface area contributed by atoms with Crippen LogP contribution in [0.3, 0.4) is 0 Å². The van der Waals surface area contributed by atoms with Crippen LogP contribution >= 0.6 is 0 Å². The molecule has 160 valence electrons. The number of methoxy groups -OCH3 is 1. The summed E-state index contributed by atoms with van der Waals surface area (Å²) in [5, 5.41) is 0. The zero-order valence-corrected chi connectivity index (χ0v) is 18.1. The maximum Gasteiger partial charge on any atom is 0.147 e. The van der Waals surface area contributed by atoms with Crippen LogP contribution in [0.4, 0.5) is 0 Å². The highest BCUT2D eigenvalue weighted by Gasteiger charge is 2.11. The Bertz CT molecular complexity index is 1100. The molecule has 0 aliphatic heterocycles. The zero-order valence-electron chi connectivity index (χ0n) is 18.1. The molecule has 0 aliphatic rings. The first kappa shape index (κ1) is 20.8. The lowest BCUT2D eigenvalue weighted by atomic mass is 10.2. The molecule has 0 amide bonds. The van der Waals surface area contributed by atoms with Crippen LogP contribution in [0.1, 0.15) is 24.2 Å². The average Bonchev–Trinajstić information content (AvgIpc) is 3.16. The van der Waals surface area contributed by atoms with E-state index < -0.39 is 0 Å². The van der Waals surface area contributed by atoms with Gasteiger partial charge in [-0.05, 0) is 68.3 Å². The van der Waals surface area contributed by atoms with E-state index in [1.54, 1.807) is 7.11 Å². The fourth-order valence-electron chi connectivity index (χ4n) is 3.50. The maximum atomic E-state index is 5.99. The van der Waals surface area contributed by atoms with Crippen LogP contribution in [0.15, 0.2) is 72.8 Å². The van der Waals surface area contributed by atoms with Gasteiger partial charge >= 0.3 is 0 Å². The number of unbranched alkanes of at least 4 members (excludes halogenated alkanes) is 1. The van der Waals surface area contributed by atoms with Crippen LogP contribution in [0, 0.1) is 6.92 Å². The Morgan fingerprint density at radius 3 is 2.23 bits per heavy atom. The number of hydrogen-bond donors (Lipinski definition) is 0. The average molecular weight is 417 g/mol. The van der Waals surface area contributed by atoms with Crippen molar-refractivity contribution in [1.29, 1.82) is 0 Å². The molecule has 0 bridgehead atoms. The minimum absolute atomic E-state index is 0.418. The summed E-state index contributed by atoms with van der Waals surface area (Å²) < 4.78 is 19.3. The van der Waals surface area contributed by atoms with E-state index in [0.29, 0.717) is 13.2 Å². The molecular weight excluding hydrogens is 388 g/mol. The number of ether oxygens (including phenoxy) is 3. The summed E-state index contributed by atoms with van der Waals surface area (Å²) in [5.74, 6) is 3.46. The number of nitrogens with zero attached hydrogens (tertiary/aromatic N) is 2. The van der Waals surface area contributed by atoms with E-state index in [4.69, 9.17) is 19.2 Å². The van der Waals surface area contributed by atoms with Gasteiger partial charge in [0.05, 0.1) is 24.8 Å². The molecule has 0 N–H and O–H groups in total. The first-order valence-electron chi connectivity index (χ1n) is 10.6. The van der Waals surface area contributed by atoms with E-state index in [0.717, 1.165) is 53.5 Å². The van der Waals surface area contributed by atoms with E-state index in [9.17, 15) is 0 Å². The van der Waals surface area contributed by atoms with E-state index in [1.807, 2.05) is 48.5 Å². The van der Waals surface area contributed by atoms with Gasteiger partial charge in [-0.1, -0.05) is 29.8 Å².